The van der Waals surface area contributed by atoms with Crippen LogP contribution in [0.3, 0.4) is 0 Å². The number of esters is 2. The zero-order valence-electron chi connectivity index (χ0n) is 20.1. The lowest BCUT2D eigenvalue weighted by Gasteiger charge is -2.22. The lowest BCUT2D eigenvalue weighted by Crippen LogP contribution is -2.20. The first-order chi connectivity index (χ1) is 16.0. The van der Waals surface area contributed by atoms with Gasteiger partial charge in [-0.1, -0.05) is 37.0 Å². The number of rotatable bonds is 4. The molecule has 0 fully saturated rings. The highest BCUT2D eigenvalue weighted by molar-refractivity contribution is 6.30. The Labute approximate surface area is 208 Å². The molecular formula is C24H28Cl2N2O6. The van der Waals surface area contributed by atoms with Crippen molar-refractivity contribution in [1.29, 1.82) is 0 Å². The van der Waals surface area contributed by atoms with Crippen LogP contribution in [0, 0.1) is 0 Å². The fraction of sp³-hybridized carbons (Fsp3) is 0.500. The molecule has 2 aromatic heterocycles. The first kappa shape index (κ1) is 26.3. The molecule has 34 heavy (non-hydrogen) atoms. The van der Waals surface area contributed by atoms with Crippen molar-refractivity contribution in [2.24, 2.45) is 0 Å². The summed E-state index contributed by atoms with van der Waals surface area (Å²) in [6.07, 6.45) is 1.61. The third-order valence-electron chi connectivity index (χ3n) is 6.50. The second kappa shape index (κ2) is 10.2. The molecule has 2 aliphatic rings. The van der Waals surface area contributed by atoms with Crippen molar-refractivity contribution in [2.75, 3.05) is 14.2 Å². The molecule has 0 saturated heterocycles. The predicted octanol–water partition coefficient (Wildman–Crippen LogP) is 5.35. The standard InChI is InChI=1S/2C12H14ClNO3/c1-4-12(2)8-5-9(13)14-10(11(15)16-3)7(8)6-17-12;1-4-12(2)8-5-9(11(15)16-3)14-10(13)7(8)6-17-12/h2*5H,4,6H2,1-3H3. The average Bonchev–Trinajstić information content (AvgIpc) is 3.36. The Balaban J connectivity index is 0.000000191. The normalized spacial score (nSPS) is 22.4. The zero-order chi connectivity index (χ0) is 25.3. The smallest absolute Gasteiger partial charge is 0.357 e. The number of fused-ring (bicyclic) bond motifs is 2. The van der Waals surface area contributed by atoms with Crippen LogP contribution in [0.5, 0.6) is 0 Å². The van der Waals surface area contributed by atoms with E-state index in [0.29, 0.717) is 18.4 Å². The number of carbonyl (C=O) groups excluding carboxylic acids is 2. The van der Waals surface area contributed by atoms with Crippen LogP contribution in [0.25, 0.3) is 0 Å². The van der Waals surface area contributed by atoms with Gasteiger partial charge in [0.25, 0.3) is 0 Å². The van der Waals surface area contributed by atoms with Crippen LogP contribution >= 0.6 is 23.2 Å². The topological polar surface area (TPSA) is 96.8 Å². The van der Waals surface area contributed by atoms with Crippen molar-refractivity contribution in [3.05, 3.63) is 56.1 Å². The van der Waals surface area contributed by atoms with E-state index >= 15 is 0 Å². The Kier molecular flexibility index (Phi) is 7.87. The van der Waals surface area contributed by atoms with Crippen LogP contribution in [-0.4, -0.2) is 36.1 Å². The molecular weight excluding hydrogens is 483 g/mol. The molecule has 0 spiro atoms. The van der Waals surface area contributed by atoms with Gasteiger partial charge >= 0.3 is 11.9 Å². The molecule has 0 aromatic carbocycles. The van der Waals surface area contributed by atoms with E-state index in [9.17, 15) is 9.59 Å². The highest BCUT2D eigenvalue weighted by Gasteiger charge is 2.38. The molecule has 0 radical (unpaired) electrons. The van der Waals surface area contributed by atoms with Crippen molar-refractivity contribution in [2.45, 2.75) is 65.0 Å². The molecule has 0 aliphatic carbocycles. The van der Waals surface area contributed by atoms with E-state index in [1.54, 1.807) is 12.1 Å². The monoisotopic (exact) mass is 510 g/mol. The first-order valence-corrected chi connectivity index (χ1v) is 11.6. The van der Waals surface area contributed by atoms with Gasteiger partial charge in [-0.05, 0) is 49.9 Å². The lowest BCUT2D eigenvalue weighted by molar-refractivity contribution is -0.0262. The maximum absolute atomic E-state index is 11.6. The van der Waals surface area contributed by atoms with Gasteiger partial charge in [-0.25, -0.2) is 19.6 Å². The highest BCUT2D eigenvalue weighted by Crippen LogP contribution is 2.42. The summed E-state index contributed by atoms with van der Waals surface area (Å²) in [4.78, 5) is 31.2. The molecule has 2 atom stereocenters. The Morgan fingerprint density at radius 2 is 1.44 bits per heavy atom. The van der Waals surface area contributed by atoms with Crippen LogP contribution in [0.4, 0.5) is 0 Å². The van der Waals surface area contributed by atoms with Gasteiger partial charge in [-0.15, -0.1) is 0 Å². The van der Waals surface area contributed by atoms with E-state index in [4.69, 9.17) is 37.4 Å². The zero-order valence-corrected chi connectivity index (χ0v) is 21.6. The molecule has 2 aliphatic heterocycles. The van der Waals surface area contributed by atoms with E-state index in [1.165, 1.54) is 14.2 Å². The number of ether oxygens (including phenoxy) is 4. The molecule has 10 heteroatoms. The average molecular weight is 511 g/mol. The summed E-state index contributed by atoms with van der Waals surface area (Å²) in [7, 11) is 2.65. The van der Waals surface area contributed by atoms with Gasteiger partial charge in [0.1, 0.15) is 10.3 Å². The largest absolute Gasteiger partial charge is 0.464 e. The molecule has 184 valence electrons. The molecule has 4 rings (SSSR count). The van der Waals surface area contributed by atoms with Gasteiger partial charge in [0.15, 0.2) is 11.4 Å². The van der Waals surface area contributed by atoms with Crippen molar-refractivity contribution in [1.82, 2.24) is 9.97 Å². The van der Waals surface area contributed by atoms with Gasteiger partial charge in [0.05, 0.1) is 38.6 Å². The van der Waals surface area contributed by atoms with Crippen molar-refractivity contribution >= 4 is 35.1 Å². The second-order valence-corrected chi connectivity index (χ2v) is 9.12. The maximum atomic E-state index is 11.6. The van der Waals surface area contributed by atoms with Crippen LogP contribution in [0.2, 0.25) is 10.3 Å². The number of carbonyl (C=O) groups is 2. The van der Waals surface area contributed by atoms with Crippen molar-refractivity contribution in [3.63, 3.8) is 0 Å². The molecule has 2 aromatic rings. The van der Waals surface area contributed by atoms with Crippen LogP contribution in [-0.2, 0) is 43.4 Å². The number of halogens is 2. The third-order valence-corrected chi connectivity index (χ3v) is 7.01. The summed E-state index contributed by atoms with van der Waals surface area (Å²) in [5, 5.41) is 0.606. The summed E-state index contributed by atoms with van der Waals surface area (Å²) in [6, 6.07) is 3.48. The number of aromatic nitrogens is 2. The number of nitrogens with zero attached hydrogens (tertiary/aromatic N) is 2. The van der Waals surface area contributed by atoms with E-state index in [2.05, 4.69) is 14.7 Å². The lowest BCUT2D eigenvalue weighted by atomic mass is 9.92. The maximum Gasteiger partial charge on any atom is 0.357 e. The third kappa shape index (κ3) is 4.77. The molecule has 4 heterocycles. The van der Waals surface area contributed by atoms with Gasteiger partial charge in [0.2, 0.25) is 0 Å². The Morgan fingerprint density at radius 1 is 0.912 bits per heavy atom. The number of hydrogen-bond donors (Lipinski definition) is 0. The van der Waals surface area contributed by atoms with Crippen LogP contribution < -0.4 is 0 Å². The molecule has 8 nitrogen and oxygen atoms in total. The predicted molar refractivity (Wildman–Crippen MR) is 126 cm³/mol. The summed E-state index contributed by atoms with van der Waals surface area (Å²) in [6.45, 7) is 8.83. The second-order valence-electron chi connectivity index (χ2n) is 8.37. The number of pyridine rings is 2. The van der Waals surface area contributed by atoms with E-state index in [1.807, 2.05) is 27.7 Å². The quantitative estimate of drug-likeness (QED) is 0.400. The van der Waals surface area contributed by atoms with Crippen LogP contribution in [0.1, 0.15) is 83.8 Å². The van der Waals surface area contributed by atoms with E-state index in [-0.39, 0.29) is 16.5 Å². The van der Waals surface area contributed by atoms with Gasteiger partial charge in [-0.3, -0.25) is 0 Å². The molecule has 0 bridgehead atoms. The van der Waals surface area contributed by atoms with E-state index in [0.717, 1.165) is 35.1 Å². The molecule has 2 unspecified atom stereocenters. The molecule has 0 N–H and O–H groups in total. The number of hydrogen-bond acceptors (Lipinski definition) is 8. The van der Waals surface area contributed by atoms with Crippen molar-refractivity contribution in [3.8, 4) is 0 Å². The molecule has 0 saturated carbocycles. The minimum absolute atomic E-state index is 0.224. The first-order valence-electron chi connectivity index (χ1n) is 10.9. The fourth-order valence-electron chi connectivity index (χ4n) is 3.99. The SMILES string of the molecule is CCC1(C)OCc2c1cc(C(=O)OC)nc2Cl.CCC1(C)OCc2c1cc(Cl)nc2C(=O)OC. The Hall–Kier alpha value is -2.26. The molecule has 0 amide bonds. The van der Waals surface area contributed by atoms with Gasteiger partial charge in [0, 0.05) is 11.1 Å². The minimum Gasteiger partial charge on any atom is -0.464 e. The van der Waals surface area contributed by atoms with Gasteiger partial charge in [-0.2, -0.15) is 0 Å². The van der Waals surface area contributed by atoms with Crippen LogP contribution in [0.15, 0.2) is 12.1 Å². The van der Waals surface area contributed by atoms with Gasteiger partial charge < -0.3 is 18.9 Å². The fourth-order valence-corrected chi connectivity index (χ4v) is 4.43. The summed E-state index contributed by atoms with van der Waals surface area (Å²) >= 11 is 12.0. The Bertz CT molecular complexity index is 1120. The summed E-state index contributed by atoms with van der Waals surface area (Å²) in [5.41, 5.74) is 3.19. The number of methoxy groups -OCH3 is 2. The minimum atomic E-state index is -0.486. The summed E-state index contributed by atoms with van der Waals surface area (Å²) in [5.74, 6) is -0.965. The van der Waals surface area contributed by atoms with Crippen molar-refractivity contribution < 1.29 is 28.5 Å². The highest BCUT2D eigenvalue weighted by atomic mass is 35.5. The van der Waals surface area contributed by atoms with E-state index < -0.39 is 23.1 Å². The Morgan fingerprint density at radius 3 is 1.97 bits per heavy atom. The summed E-state index contributed by atoms with van der Waals surface area (Å²) < 4.78 is 20.8.